The zero-order chi connectivity index (χ0) is 17.3. The molecule has 23 heavy (non-hydrogen) atoms. The van der Waals surface area contributed by atoms with E-state index in [2.05, 4.69) is 30.0 Å². The summed E-state index contributed by atoms with van der Waals surface area (Å²) in [6.45, 7) is 5.56. The van der Waals surface area contributed by atoms with E-state index in [0.29, 0.717) is 12.5 Å². The molecule has 0 aromatic carbocycles. The third-order valence-electron chi connectivity index (χ3n) is 4.15. The van der Waals surface area contributed by atoms with Crippen molar-refractivity contribution in [2.45, 2.75) is 57.9 Å². The molecule has 1 N–H and O–H groups in total. The van der Waals surface area contributed by atoms with E-state index in [4.69, 9.17) is 0 Å². The van der Waals surface area contributed by atoms with Crippen molar-refractivity contribution in [2.24, 2.45) is 5.92 Å². The van der Waals surface area contributed by atoms with Gasteiger partial charge in [-0.15, -0.1) is 0 Å². The Morgan fingerprint density at radius 3 is 2.48 bits per heavy atom. The first-order valence-electron chi connectivity index (χ1n) is 8.42. The molecule has 1 fully saturated rings. The van der Waals surface area contributed by atoms with Crippen molar-refractivity contribution in [3.8, 4) is 6.07 Å². The maximum absolute atomic E-state index is 12.4. The first-order valence-corrected chi connectivity index (χ1v) is 8.42. The second-order valence-corrected chi connectivity index (χ2v) is 6.76. The molecule has 1 rings (SSSR count). The summed E-state index contributed by atoms with van der Waals surface area (Å²) in [5.74, 6) is -0.0287. The Morgan fingerprint density at radius 1 is 1.30 bits per heavy atom. The van der Waals surface area contributed by atoms with E-state index in [0.717, 1.165) is 38.6 Å². The molecule has 0 heterocycles. The zero-order valence-corrected chi connectivity index (χ0v) is 14.6. The first kappa shape index (κ1) is 19.4. The highest BCUT2D eigenvalue weighted by molar-refractivity contribution is 5.79. The van der Waals surface area contributed by atoms with Gasteiger partial charge in [-0.2, -0.15) is 5.26 Å². The molecular weight excluding hydrogens is 294 g/mol. The number of ether oxygens (including phenoxy) is 1. The highest BCUT2D eigenvalue weighted by Gasteiger charge is 2.33. The van der Waals surface area contributed by atoms with E-state index >= 15 is 0 Å². The third-order valence-corrected chi connectivity index (χ3v) is 4.15. The number of hydrogen-bond donors (Lipinski definition) is 1. The normalized spacial score (nSPS) is 16.9. The molecule has 0 aliphatic heterocycles. The number of nitrogens with one attached hydrogen (secondary N) is 1. The molecule has 0 spiro atoms. The topological polar surface area (TPSA) is 82.4 Å². The summed E-state index contributed by atoms with van der Waals surface area (Å²) in [5.41, 5.74) is -0.707. The molecule has 0 radical (unpaired) electrons. The number of rotatable bonds is 8. The Balaban J connectivity index is 2.57. The molecule has 1 amide bonds. The van der Waals surface area contributed by atoms with Crippen LogP contribution < -0.4 is 5.32 Å². The molecule has 0 atom stereocenters. The molecular formula is C17H29N3O3. The fraction of sp³-hybridized carbons (Fsp3) is 0.824. The summed E-state index contributed by atoms with van der Waals surface area (Å²) in [5, 5.41) is 12.4. The van der Waals surface area contributed by atoms with Crippen LogP contribution in [-0.2, 0) is 14.3 Å². The quantitative estimate of drug-likeness (QED) is 0.689. The minimum atomic E-state index is -0.707. The fourth-order valence-corrected chi connectivity index (χ4v) is 3.03. The lowest BCUT2D eigenvalue weighted by Gasteiger charge is -2.32. The molecule has 1 aliphatic carbocycles. The van der Waals surface area contributed by atoms with Gasteiger partial charge in [0, 0.05) is 13.1 Å². The smallest absolute Gasteiger partial charge is 0.306 e. The van der Waals surface area contributed by atoms with E-state index in [1.54, 1.807) is 0 Å². The van der Waals surface area contributed by atoms with Crippen molar-refractivity contribution in [1.82, 2.24) is 10.2 Å². The Bertz CT molecular complexity index is 437. The lowest BCUT2D eigenvalue weighted by atomic mass is 9.83. The number of carbonyl (C=O) groups excluding carboxylic acids is 2. The second-order valence-electron chi connectivity index (χ2n) is 6.76. The number of carbonyl (C=O) groups is 2. The van der Waals surface area contributed by atoms with Crippen LogP contribution in [0.3, 0.4) is 0 Å². The maximum Gasteiger partial charge on any atom is 0.306 e. The molecule has 130 valence electrons. The van der Waals surface area contributed by atoms with Crippen LogP contribution in [0.1, 0.15) is 52.4 Å². The average Bonchev–Trinajstić information content (AvgIpc) is 2.52. The van der Waals surface area contributed by atoms with E-state index in [9.17, 15) is 14.9 Å². The van der Waals surface area contributed by atoms with Crippen molar-refractivity contribution in [1.29, 1.82) is 5.26 Å². The number of methoxy groups -OCH3 is 1. The van der Waals surface area contributed by atoms with Crippen LogP contribution in [0, 0.1) is 17.2 Å². The van der Waals surface area contributed by atoms with Gasteiger partial charge in [0.25, 0.3) is 0 Å². The summed E-state index contributed by atoms with van der Waals surface area (Å²) < 4.78 is 4.66. The molecule has 1 aliphatic rings. The molecule has 0 aromatic heterocycles. The van der Waals surface area contributed by atoms with Gasteiger partial charge in [0.2, 0.25) is 5.91 Å². The van der Waals surface area contributed by atoms with E-state index in [1.165, 1.54) is 7.11 Å². The van der Waals surface area contributed by atoms with Gasteiger partial charge in [-0.3, -0.25) is 14.5 Å². The van der Waals surface area contributed by atoms with Crippen LogP contribution in [0.4, 0.5) is 0 Å². The van der Waals surface area contributed by atoms with Gasteiger partial charge in [-0.25, -0.2) is 0 Å². The molecule has 6 nitrogen and oxygen atoms in total. The Labute approximate surface area is 139 Å². The molecule has 0 saturated heterocycles. The summed E-state index contributed by atoms with van der Waals surface area (Å²) in [7, 11) is 1.36. The maximum atomic E-state index is 12.4. The summed E-state index contributed by atoms with van der Waals surface area (Å²) in [4.78, 5) is 25.6. The lowest BCUT2D eigenvalue weighted by Crippen LogP contribution is -2.52. The molecule has 0 aromatic rings. The average molecular weight is 323 g/mol. The van der Waals surface area contributed by atoms with E-state index < -0.39 is 5.54 Å². The summed E-state index contributed by atoms with van der Waals surface area (Å²) in [6.07, 6.45) is 4.79. The van der Waals surface area contributed by atoms with Gasteiger partial charge in [-0.1, -0.05) is 33.1 Å². The van der Waals surface area contributed by atoms with Crippen LogP contribution in [0.2, 0.25) is 0 Å². The Morgan fingerprint density at radius 2 is 1.96 bits per heavy atom. The van der Waals surface area contributed by atoms with Crippen LogP contribution in [0.15, 0.2) is 0 Å². The predicted molar refractivity (Wildman–Crippen MR) is 87.5 cm³/mol. The summed E-state index contributed by atoms with van der Waals surface area (Å²) in [6, 6.07) is 2.30. The van der Waals surface area contributed by atoms with Crippen LogP contribution in [0.25, 0.3) is 0 Å². The van der Waals surface area contributed by atoms with Crippen LogP contribution in [-0.4, -0.2) is 49.1 Å². The Hall–Kier alpha value is -1.61. The number of nitrogens with zero attached hydrogens (tertiary/aromatic N) is 2. The first-order chi connectivity index (χ1) is 10.9. The van der Waals surface area contributed by atoms with Crippen molar-refractivity contribution >= 4 is 11.9 Å². The monoisotopic (exact) mass is 323 g/mol. The Kier molecular flexibility index (Phi) is 8.04. The number of hydrogen-bond acceptors (Lipinski definition) is 5. The van der Waals surface area contributed by atoms with E-state index in [1.807, 2.05) is 4.90 Å². The molecule has 0 unspecified atom stereocenters. The molecule has 6 heteroatoms. The third kappa shape index (κ3) is 7.00. The van der Waals surface area contributed by atoms with Gasteiger partial charge in [0.05, 0.1) is 26.1 Å². The number of amides is 1. The molecule has 1 saturated carbocycles. The van der Waals surface area contributed by atoms with Crippen LogP contribution >= 0.6 is 0 Å². The zero-order valence-electron chi connectivity index (χ0n) is 14.6. The second kappa shape index (κ2) is 9.51. The van der Waals surface area contributed by atoms with E-state index in [-0.39, 0.29) is 24.8 Å². The highest BCUT2D eigenvalue weighted by Crippen LogP contribution is 2.27. The fourth-order valence-electron chi connectivity index (χ4n) is 3.03. The number of esters is 1. The minimum Gasteiger partial charge on any atom is -0.469 e. The predicted octanol–water partition coefficient (Wildman–Crippen LogP) is 1.85. The number of nitriles is 1. The highest BCUT2D eigenvalue weighted by atomic mass is 16.5. The standard InChI is InChI=1S/C17H29N3O3/c1-14(2)11-20(10-7-16(22)23-3)12-15(21)19-17(13-18)8-5-4-6-9-17/h14H,4-12H2,1-3H3,(H,19,21). The van der Waals surface area contributed by atoms with Crippen LogP contribution in [0.5, 0.6) is 0 Å². The minimum absolute atomic E-state index is 0.140. The lowest BCUT2D eigenvalue weighted by molar-refractivity contribution is -0.141. The summed E-state index contributed by atoms with van der Waals surface area (Å²) >= 11 is 0. The van der Waals surface area contributed by atoms with Gasteiger partial charge in [0.1, 0.15) is 5.54 Å². The molecule has 0 bridgehead atoms. The largest absolute Gasteiger partial charge is 0.469 e. The van der Waals surface area contributed by atoms with Crippen molar-refractivity contribution in [3.05, 3.63) is 0 Å². The van der Waals surface area contributed by atoms with Crippen molar-refractivity contribution in [3.63, 3.8) is 0 Å². The van der Waals surface area contributed by atoms with Gasteiger partial charge in [-0.05, 0) is 18.8 Å². The van der Waals surface area contributed by atoms with Crippen molar-refractivity contribution < 1.29 is 14.3 Å². The van der Waals surface area contributed by atoms with Gasteiger partial charge < -0.3 is 10.1 Å². The SMILES string of the molecule is COC(=O)CCN(CC(=O)NC1(C#N)CCCCC1)CC(C)C. The van der Waals surface area contributed by atoms with Crippen molar-refractivity contribution in [2.75, 3.05) is 26.7 Å². The van der Waals surface area contributed by atoms with Gasteiger partial charge in [0.15, 0.2) is 0 Å². The van der Waals surface area contributed by atoms with Gasteiger partial charge >= 0.3 is 5.97 Å².